The van der Waals surface area contributed by atoms with Crippen molar-refractivity contribution in [3.63, 3.8) is 0 Å². The van der Waals surface area contributed by atoms with Crippen molar-refractivity contribution in [3.8, 4) is 11.5 Å². The highest BCUT2D eigenvalue weighted by molar-refractivity contribution is 7.14. The number of hydrogen-bond donors (Lipinski definition) is 1. The van der Waals surface area contributed by atoms with Crippen LogP contribution in [0.4, 0.5) is 5.13 Å². The summed E-state index contributed by atoms with van der Waals surface area (Å²) < 4.78 is 11.1. The van der Waals surface area contributed by atoms with Crippen molar-refractivity contribution >= 4 is 22.4 Å². The van der Waals surface area contributed by atoms with Crippen LogP contribution in [-0.2, 0) is 11.2 Å². The van der Waals surface area contributed by atoms with E-state index in [2.05, 4.69) is 17.2 Å². The number of nitrogens with zero attached hydrogens (tertiary/aromatic N) is 1. The maximum absolute atomic E-state index is 12.1. The number of rotatable bonds is 6. The molecule has 0 radical (unpaired) electrons. The summed E-state index contributed by atoms with van der Waals surface area (Å²) in [6.45, 7) is 2.23. The Morgan fingerprint density at radius 1 is 1.42 bits per heavy atom. The number of thiazole rings is 1. The third-order valence-corrected chi connectivity index (χ3v) is 5.04. The van der Waals surface area contributed by atoms with Crippen LogP contribution >= 0.6 is 11.3 Å². The molecule has 0 bridgehead atoms. The predicted molar refractivity (Wildman–Crippen MR) is 92.0 cm³/mol. The van der Waals surface area contributed by atoms with E-state index in [1.807, 2.05) is 29.6 Å². The van der Waals surface area contributed by atoms with E-state index in [1.165, 1.54) is 17.8 Å². The number of carbonyl (C=O) groups excluding carboxylic acids is 1. The summed E-state index contributed by atoms with van der Waals surface area (Å²) in [7, 11) is 0. The fraction of sp³-hybridized carbons (Fsp3) is 0.333. The molecule has 1 aliphatic carbocycles. The highest BCUT2D eigenvalue weighted by Crippen LogP contribution is 2.47. The molecule has 2 unspecified atom stereocenters. The average Bonchev–Trinajstić information content (AvgIpc) is 3.08. The Labute approximate surface area is 143 Å². The summed E-state index contributed by atoms with van der Waals surface area (Å²) in [5.74, 6) is 3.86. The van der Waals surface area contributed by atoms with Crippen molar-refractivity contribution in [3.05, 3.63) is 47.4 Å². The Morgan fingerprint density at radius 2 is 2.29 bits per heavy atom. The lowest BCUT2D eigenvalue weighted by molar-refractivity contribution is -0.116. The fourth-order valence-corrected chi connectivity index (χ4v) is 3.45. The van der Waals surface area contributed by atoms with Crippen LogP contribution in [0.5, 0.6) is 0 Å². The topological polar surface area (TPSA) is 68.3 Å². The Bertz CT molecular complexity index is 834. The average molecular weight is 342 g/mol. The fourth-order valence-electron chi connectivity index (χ4n) is 2.73. The summed E-state index contributed by atoms with van der Waals surface area (Å²) in [6.07, 6.45) is 3.79. The van der Waals surface area contributed by atoms with Crippen LogP contribution in [-0.4, -0.2) is 10.9 Å². The van der Waals surface area contributed by atoms with Crippen LogP contribution < -0.4 is 5.32 Å². The first-order valence-electron chi connectivity index (χ1n) is 8.07. The van der Waals surface area contributed by atoms with E-state index in [0.29, 0.717) is 29.7 Å². The molecule has 1 saturated carbocycles. The molecule has 1 N–H and O–H groups in total. The lowest BCUT2D eigenvalue weighted by Gasteiger charge is -2.00. The van der Waals surface area contributed by atoms with Gasteiger partial charge < -0.3 is 14.2 Å². The summed E-state index contributed by atoms with van der Waals surface area (Å²) in [5, 5.41) is 5.28. The Hall–Kier alpha value is -2.34. The summed E-state index contributed by atoms with van der Waals surface area (Å²) in [6, 6.07) is 7.67. The van der Waals surface area contributed by atoms with Crippen LogP contribution in [0.2, 0.25) is 0 Å². The normalized spacial score (nSPS) is 19.4. The maximum Gasteiger partial charge on any atom is 0.226 e. The molecule has 124 valence electrons. The van der Waals surface area contributed by atoms with E-state index in [9.17, 15) is 4.79 Å². The standard InChI is InChI=1S/C18H18N2O3S/c1-11-9-13(11)15-6-4-12(23-15)5-7-17(21)20-18-19-14(10-24-18)16-3-2-8-22-16/h2-4,6,8,10-11,13H,5,7,9H2,1H3,(H,19,20,21). The second-order valence-corrected chi connectivity index (χ2v) is 7.05. The minimum absolute atomic E-state index is 0.0620. The second kappa shape index (κ2) is 6.28. The van der Waals surface area contributed by atoms with Gasteiger partial charge >= 0.3 is 0 Å². The van der Waals surface area contributed by atoms with Crippen molar-refractivity contribution in [2.45, 2.75) is 32.1 Å². The van der Waals surface area contributed by atoms with Gasteiger partial charge in [-0.25, -0.2) is 4.98 Å². The predicted octanol–water partition coefficient (Wildman–Crippen LogP) is 4.69. The molecule has 3 heterocycles. The van der Waals surface area contributed by atoms with Crippen molar-refractivity contribution < 1.29 is 13.6 Å². The zero-order chi connectivity index (χ0) is 16.5. The van der Waals surface area contributed by atoms with Crippen LogP contribution in [0, 0.1) is 5.92 Å². The minimum atomic E-state index is -0.0620. The zero-order valence-corrected chi connectivity index (χ0v) is 14.1. The first-order valence-corrected chi connectivity index (χ1v) is 8.95. The number of nitrogens with one attached hydrogen (secondary N) is 1. The van der Waals surface area contributed by atoms with Gasteiger partial charge in [-0.15, -0.1) is 11.3 Å². The first kappa shape index (κ1) is 15.2. The molecule has 1 fully saturated rings. The molecule has 0 aromatic carbocycles. The highest BCUT2D eigenvalue weighted by atomic mass is 32.1. The van der Waals surface area contributed by atoms with Crippen LogP contribution in [0.25, 0.3) is 11.5 Å². The number of furan rings is 2. The van der Waals surface area contributed by atoms with E-state index in [4.69, 9.17) is 8.83 Å². The van der Waals surface area contributed by atoms with E-state index in [-0.39, 0.29) is 5.91 Å². The third-order valence-electron chi connectivity index (χ3n) is 4.28. The summed E-state index contributed by atoms with van der Waals surface area (Å²) >= 11 is 1.39. The van der Waals surface area contributed by atoms with Gasteiger partial charge in [-0.05, 0) is 36.6 Å². The van der Waals surface area contributed by atoms with Gasteiger partial charge in [-0.2, -0.15) is 0 Å². The highest BCUT2D eigenvalue weighted by Gasteiger charge is 2.36. The lowest BCUT2D eigenvalue weighted by Crippen LogP contribution is -2.11. The van der Waals surface area contributed by atoms with Gasteiger partial charge in [0.15, 0.2) is 10.9 Å². The Balaban J connectivity index is 1.30. The molecule has 1 amide bonds. The van der Waals surface area contributed by atoms with Gasteiger partial charge in [-0.1, -0.05) is 6.92 Å². The van der Waals surface area contributed by atoms with Crippen molar-refractivity contribution in [1.82, 2.24) is 4.98 Å². The minimum Gasteiger partial charge on any atom is -0.466 e. The van der Waals surface area contributed by atoms with Crippen molar-refractivity contribution in [2.24, 2.45) is 5.92 Å². The first-order chi connectivity index (χ1) is 11.7. The van der Waals surface area contributed by atoms with Gasteiger partial charge in [0.25, 0.3) is 0 Å². The number of carbonyl (C=O) groups is 1. The molecule has 3 aromatic rings. The molecular formula is C18H18N2O3S. The number of hydrogen-bond acceptors (Lipinski definition) is 5. The third kappa shape index (κ3) is 3.28. The number of aryl methyl sites for hydroxylation is 1. The monoisotopic (exact) mass is 342 g/mol. The Kier molecular flexibility index (Phi) is 3.98. The van der Waals surface area contributed by atoms with Crippen molar-refractivity contribution in [1.29, 1.82) is 0 Å². The summed E-state index contributed by atoms with van der Waals surface area (Å²) in [5.41, 5.74) is 0.731. The van der Waals surface area contributed by atoms with Gasteiger partial charge in [-0.3, -0.25) is 4.79 Å². The number of amides is 1. The molecule has 0 aliphatic heterocycles. The van der Waals surface area contributed by atoms with E-state index in [1.54, 1.807) is 6.26 Å². The van der Waals surface area contributed by atoms with Crippen LogP contribution in [0.1, 0.15) is 37.2 Å². The molecule has 2 atom stereocenters. The van der Waals surface area contributed by atoms with Gasteiger partial charge in [0.05, 0.1) is 6.26 Å². The van der Waals surface area contributed by atoms with Gasteiger partial charge in [0.2, 0.25) is 5.91 Å². The molecule has 1 aliphatic rings. The lowest BCUT2D eigenvalue weighted by atomic mass is 10.2. The van der Waals surface area contributed by atoms with Crippen molar-refractivity contribution in [2.75, 3.05) is 5.32 Å². The molecule has 0 saturated heterocycles. The molecule has 5 nitrogen and oxygen atoms in total. The van der Waals surface area contributed by atoms with Crippen LogP contribution in [0.3, 0.4) is 0 Å². The van der Waals surface area contributed by atoms with E-state index >= 15 is 0 Å². The molecule has 4 rings (SSSR count). The molecule has 0 spiro atoms. The molecule has 6 heteroatoms. The SMILES string of the molecule is CC1CC1c1ccc(CCC(=O)Nc2nc(-c3ccco3)cs2)o1. The van der Waals surface area contributed by atoms with Crippen LogP contribution in [0.15, 0.2) is 44.7 Å². The molecular weight excluding hydrogens is 324 g/mol. The molecule has 24 heavy (non-hydrogen) atoms. The second-order valence-electron chi connectivity index (χ2n) is 6.19. The smallest absolute Gasteiger partial charge is 0.226 e. The zero-order valence-electron chi connectivity index (χ0n) is 13.3. The number of anilines is 1. The molecule has 3 aromatic heterocycles. The summed E-state index contributed by atoms with van der Waals surface area (Å²) in [4.78, 5) is 16.4. The Morgan fingerprint density at radius 3 is 3.04 bits per heavy atom. The van der Waals surface area contributed by atoms with E-state index < -0.39 is 0 Å². The number of aromatic nitrogens is 1. The van der Waals surface area contributed by atoms with Gasteiger partial charge in [0.1, 0.15) is 17.2 Å². The maximum atomic E-state index is 12.1. The quantitative estimate of drug-likeness (QED) is 0.705. The van der Waals surface area contributed by atoms with E-state index in [0.717, 1.165) is 23.1 Å². The largest absolute Gasteiger partial charge is 0.466 e. The van der Waals surface area contributed by atoms with Gasteiger partial charge in [0, 0.05) is 24.1 Å².